The van der Waals surface area contributed by atoms with E-state index in [1.807, 2.05) is 0 Å². The molecule has 124 valence electrons. The minimum atomic E-state index is -1.84. The topological polar surface area (TPSA) is 9.23 Å². The molecular weight excluding hydrogens is 329 g/mol. The van der Waals surface area contributed by atoms with E-state index in [1.54, 1.807) is 11.5 Å². The zero-order valence-electron chi connectivity index (χ0n) is 15.6. The number of ether oxygens (including phenoxy) is 1. The molecule has 0 unspecified atom stereocenters. The average molecular weight is 363 g/mol. The Hall–Kier alpha value is -0.697. The van der Waals surface area contributed by atoms with E-state index in [1.165, 1.54) is 27.7 Å². The van der Waals surface area contributed by atoms with Crippen molar-refractivity contribution >= 4 is 13.3 Å². The number of methoxy groups -OCH3 is 1. The zero-order valence-corrected chi connectivity index (χ0v) is 17.7. The molecule has 0 heterocycles. The van der Waals surface area contributed by atoms with Crippen LogP contribution in [0, 0.1) is 0 Å². The molecular formula is C20H34GeO. The fourth-order valence-corrected chi connectivity index (χ4v) is 12.7. The van der Waals surface area contributed by atoms with Crippen LogP contribution < -0.4 is 4.74 Å². The van der Waals surface area contributed by atoms with Crippen LogP contribution in [0.3, 0.4) is 0 Å². The van der Waals surface area contributed by atoms with Gasteiger partial charge in [0.25, 0.3) is 0 Å². The standard InChI is InChI=1S/C20H34GeO/c1-8-18(21(9-2,10-3)11-4)16-20(5,6)17-12-14-19(22-7)15-13-17/h8,12-15H,9-11,16H2,1-7H3. The number of hydrogen-bond donors (Lipinski definition) is 0. The minimum absolute atomic E-state index is 0.185. The SMILES string of the molecule is CC=[C](CC(C)(C)c1ccc(OC)cc1)[Ge]([CH2]C)([CH2]C)[CH2]C. The summed E-state index contributed by atoms with van der Waals surface area (Å²) in [5.41, 5.74) is 1.59. The average Bonchev–Trinajstić information content (AvgIpc) is 2.55. The fraction of sp³-hybridized carbons (Fsp3) is 0.600. The number of hydrogen-bond acceptors (Lipinski definition) is 1. The number of rotatable bonds is 8. The molecule has 0 bridgehead atoms. The Balaban J connectivity index is 3.06. The molecule has 0 atom stereocenters. The van der Waals surface area contributed by atoms with Crippen LogP contribution in [0.2, 0.25) is 15.8 Å². The van der Waals surface area contributed by atoms with Crippen molar-refractivity contribution in [1.82, 2.24) is 0 Å². The second-order valence-electron chi connectivity index (χ2n) is 6.94. The Labute approximate surface area is 140 Å². The van der Waals surface area contributed by atoms with Crippen molar-refractivity contribution in [3.63, 3.8) is 0 Å². The van der Waals surface area contributed by atoms with Crippen LogP contribution in [0.15, 0.2) is 34.7 Å². The van der Waals surface area contributed by atoms with Crippen molar-refractivity contribution in [3.8, 4) is 5.75 Å². The summed E-state index contributed by atoms with van der Waals surface area (Å²) in [5.74, 6) is 0.938. The molecule has 22 heavy (non-hydrogen) atoms. The second kappa shape index (κ2) is 8.24. The van der Waals surface area contributed by atoms with E-state index in [9.17, 15) is 0 Å². The summed E-state index contributed by atoms with van der Waals surface area (Å²) in [4.78, 5) is 0. The molecule has 0 aromatic heterocycles. The molecule has 1 aromatic rings. The van der Waals surface area contributed by atoms with E-state index in [4.69, 9.17) is 4.74 Å². The Morgan fingerprint density at radius 1 is 1.05 bits per heavy atom. The Kier molecular flexibility index (Phi) is 7.25. The normalized spacial score (nSPS) is 13.3. The Bertz CT molecular complexity index is 473. The van der Waals surface area contributed by atoms with Gasteiger partial charge in [0.05, 0.1) is 0 Å². The van der Waals surface area contributed by atoms with Crippen molar-refractivity contribution in [2.45, 2.75) is 69.1 Å². The van der Waals surface area contributed by atoms with Gasteiger partial charge in [-0.3, -0.25) is 0 Å². The van der Waals surface area contributed by atoms with Gasteiger partial charge in [-0.1, -0.05) is 0 Å². The third kappa shape index (κ3) is 4.19. The summed E-state index contributed by atoms with van der Waals surface area (Å²) >= 11 is -1.84. The maximum absolute atomic E-state index is 5.29. The van der Waals surface area contributed by atoms with Crippen molar-refractivity contribution in [1.29, 1.82) is 0 Å². The predicted molar refractivity (Wildman–Crippen MR) is 102 cm³/mol. The van der Waals surface area contributed by atoms with E-state index in [0.29, 0.717) is 0 Å². The van der Waals surface area contributed by atoms with Crippen molar-refractivity contribution in [3.05, 3.63) is 40.3 Å². The summed E-state index contributed by atoms with van der Waals surface area (Å²) in [6, 6.07) is 8.62. The van der Waals surface area contributed by atoms with Gasteiger partial charge in [-0.05, 0) is 0 Å². The van der Waals surface area contributed by atoms with Crippen LogP contribution in [0.25, 0.3) is 0 Å². The molecule has 0 aliphatic rings. The fourth-order valence-electron chi connectivity index (χ4n) is 3.65. The van der Waals surface area contributed by atoms with Crippen LogP contribution in [0.4, 0.5) is 0 Å². The summed E-state index contributed by atoms with van der Waals surface area (Å²) in [6.07, 6.45) is 3.65. The van der Waals surface area contributed by atoms with Gasteiger partial charge in [0.15, 0.2) is 0 Å². The molecule has 0 spiro atoms. The van der Waals surface area contributed by atoms with E-state index in [0.717, 1.165) is 5.75 Å². The molecule has 2 heteroatoms. The van der Waals surface area contributed by atoms with E-state index in [-0.39, 0.29) is 5.41 Å². The zero-order chi connectivity index (χ0) is 16.8. The van der Waals surface area contributed by atoms with Crippen LogP contribution in [0.1, 0.15) is 53.5 Å². The van der Waals surface area contributed by atoms with E-state index in [2.05, 4.69) is 71.9 Å². The van der Waals surface area contributed by atoms with Gasteiger partial charge < -0.3 is 0 Å². The molecule has 0 radical (unpaired) electrons. The molecule has 0 saturated heterocycles. The van der Waals surface area contributed by atoms with Crippen LogP contribution in [-0.4, -0.2) is 20.4 Å². The van der Waals surface area contributed by atoms with Gasteiger partial charge in [-0.25, -0.2) is 0 Å². The Morgan fingerprint density at radius 2 is 1.55 bits per heavy atom. The van der Waals surface area contributed by atoms with E-state index < -0.39 is 13.3 Å². The maximum atomic E-state index is 5.29. The molecule has 0 fully saturated rings. The Morgan fingerprint density at radius 3 is 1.91 bits per heavy atom. The number of benzene rings is 1. The van der Waals surface area contributed by atoms with Crippen LogP contribution in [0.5, 0.6) is 5.75 Å². The third-order valence-electron chi connectivity index (χ3n) is 5.56. The first-order valence-corrected chi connectivity index (χ1v) is 14.2. The van der Waals surface area contributed by atoms with Gasteiger partial charge in [0.2, 0.25) is 0 Å². The van der Waals surface area contributed by atoms with Gasteiger partial charge in [-0.15, -0.1) is 0 Å². The molecule has 1 rings (SSSR count). The summed E-state index contributed by atoms with van der Waals surface area (Å²) < 4.78 is 7.09. The number of allylic oxidation sites excluding steroid dienone is 2. The van der Waals surface area contributed by atoms with Crippen LogP contribution >= 0.6 is 0 Å². The first-order chi connectivity index (χ1) is 10.4. The molecule has 1 aromatic carbocycles. The van der Waals surface area contributed by atoms with Gasteiger partial charge >= 0.3 is 140 Å². The molecule has 0 amide bonds. The van der Waals surface area contributed by atoms with Gasteiger partial charge in [0, 0.05) is 0 Å². The van der Waals surface area contributed by atoms with E-state index >= 15 is 0 Å². The first kappa shape index (κ1) is 19.3. The summed E-state index contributed by atoms with van der Waals surface area (Å²) in [7, 11) is 1.73. The van der Waals surface area contributed by atoms with Crippen molar-refractivity contribution < 1.29 is 4.74 Å². The first-order valence-electron chi connectivity index (χ1n) is 8.69. The summed E-state index contributed by atoms with van der Waals surface area (Å²) in [5, 5.41) is 4.22. The summed E-state index contributed by atoms with van der Waals surface area (Å²) in [6.45, 7) is 14.3. The molecule has 0 aliphatic heterocycles. The molecule has 0 saturated carbocycles. The molecule has 0 aliphatic carbocycles. The van der Waals surface area contributed by atoms with Gasteiger partial charge in [-0.2, -0.15) is 0 Å². The second-order valence-corrected chi connectivity index (χ2v) is 18.1. The monoisotopic (exact) mass is 364 g/mol. The predicted octanol–water partition coefficient (Wildman–Crippen LogP) is 6.36. The van der Waals surface area contributed by atoms with Crippen molar-refractivity contribution in [2.75, 3.05) is 7.11 Å². The molecule has 0 N–H and O–H groups in total. The molecule has 1 nitrogen and oxygen atoms in total. The van der Waals surface area contributed by atoms with Gasteiger partial charge in [0.1, 0.15) is 0 Å². The van der Waals surface area contributed by atoms with Crippen molar-refractivity contribution in [2.24, 2.45) is 0 Å². The van der Waals surface area contributed by atoms with Crippen LogP contribution in [-0.2, 0) is 5.41 Å². The quantitative estimate of drug-likeness (QED) is 0.489. The third-order valence-corrected chi connectivity index (χ3v) is 17.9.